The van der Waals surface area contributed by atoms with Crippen molar-refractivity contribution in [3.8, 4) is 0 Å². The van der Waals surface area contributed by atoms with Crippen LogP contribution in [0.3, 0.4) is 0 Å². The SMILES string of the molecule is NC(=O)c1ccc(F)c(CS(=O)c2ccc(N)c(Cl)c2)c1. The zero-order chi connectivity index (χ0) is 15.6. The number of rotatable bonds is 4. The van der Waals surface area contributed by atoms with E-state index in [1.165, 1.54) is 24.3 Å². The van der Waals surface area contributed by atoms with Crippen LogP contribution in [0.15, 0.2) is 41.3 Å². The van der Waals surface area contributed by atoms with Gasteiger partial charge in [0, 0.05) is 16.0 Å². The molecule has 4 N–H and O–H groups in total. The number of nitrogens with two attached hydrogens (primary N) is 2. The van der Waals surface area contributed by atoms with Gasteiger partial charge in [-0.25, -0.2) is 4.39 Å². The van der Waals surface area contributed by atoms with E-state index in [0.29, 0.717) is 10.6 Å². The molecule has 110 valence electrons. The van der Waals surface area contributed by atoms with E-state index in [0.717, 1.165) is 6.07 Å². The maximum absolute atomic E-state index is 13.7. The quantitative estimate of drug-likeness (QED) is 0.846. The number of benzene rings is 2. The Labute approximate surface area is 128 Å². The third-order valence-electron chi connectivity index (χ3n) is 2.85. The predicted octanol–water partition coefficient (Wildman–Crippen LogP) is 2.47. The lowest BCUT2D eigenvalue weighted by Gasteiger charge is -2.07. The number of primary amides is 1. The molecule has 4 nitrogen and oxygen atoms in total. The van der Waals surface area contributed by atoms with Gasteiger partial charge in [0.05, 0.1) is 27.3 Å². The molecule has 0 fully saturated rings. The summed E-state index contributed by atoms with van der Waals surface area (Å²) >= 11 is 5.86. The third-order valence-corrected chi connectivity index (χ3v) is 4.53. The minimum absolute atomic E-state index is 0.0901. The number of amides is 1. The van der Waals surface area contributed by atoms with Crippen LogP contribution in [0.25, 0.3) is 0 Å². The van der Waals surface area contributed by atoms with Gasteiger partial charge in [-0.1, -0.05) is 11.6 Å². The summed E-state index contributed by atoms with van der Waals surface area (Å²) in [6, 6.07) is 8.28. The van der Waals surface area contributed by atoms with E-state index < -0.39 is 22.5 Å². The van der Waals surface area contributed by atoms with Gasteiger partial charge in [-0.15, -0.1) is 0 Å². The van der Waals surface area contributed by atoms with Gasteiger partial charge in [0.2, 0.25) is 5.91 Å². The van der Waals surface area contributed by atoms with Crippen LogP contribution in [0, 0.1) is 5.82 Å². The van der Waals surface area contributed by atoms with Gasteiger partial charge in [-0.3, -0.25) is 9.00 Å². The lowest BCUT2D eigenvalue weighted by atomic mass is 10.1. The van der Waals surface area contributed by atoms with Crippen LogP contribution in [0.5, 0.6) is 0 Å². The van der Waals surface area contributed by atoms with E-state index in [-0.39, 0.29) is 21.9 Å². The first-order valence-corrected chi connectivity index (χ1v) is 7.60. The Morgan fingerprint density at radius 3 is 2.57 bits per heavy atom. The summed E-state index contributed by atoms with van der Waals surface area (Å²) in [6.45, 7) is 0. The van der Waals surface area contributed by atoms with E-state index in [4.69, 9.17) is 23.1 Å². The van der Waals surface area contributed by atoms with Crippen LogP contribution >= 0.6 is 11.6 Å². The lowest BCUT2D eigenvalue weighted by molar-refractivity contribution is 0.1000. The molecule has 0 saturated carbocycles. The Balaban J connectivity index is 2.28. The van der Waals surface area contributed by atoms with Crippen molar-refractivity contribution in [2.45, 2.75) is 10.6 Å². The number of nitrogen functional groups attached to an aromatic ring is 1. The van der Waals surface area contributed by atoms with Gasteiger partial charge < -0.3 is 11.5 Å². The molecule has 0 aliphatic heterocycles. The van der Waals surface area contributed by atoms with E-state index in [1.54, 1.807) is 6.07 Å². The van der Waals surface area contributed by atoms with Crippen molar-refractivity contribution in [3.63, 3.8) is 0 Å². The molecule has 2 aromatic rings. The number of hydrogen-bond donors (Lipinski definition) is 2. The largest absolute Gasteiger partial charge is 0.398 e. The van der Waals surface area contributed by atoms with Crippen molar-refractivity contribution in [2.24, 2.45) is 5.73 Å². The fourth-order valence-corrected chi connectivity index (χ4v) is 3.10. The number of anilines is 1. The van der Waals surface area contributed by atoms with Gasteiger partial charge in [0.15, 0.2) is 0 Å². The van der Waals surface area contributed by atoms with Gasteiger partial charge in [-0.2, -0.15) is 0 Å². The lowest BCUT2D eigenvalue weighted by Crippen LogP contribution is -2.12. The Bertz CT molecular complexity index is 737. The fourth-order valence-electron chi connectivity index (χ4n) is 1.71. The van der Waals surface area contributed by atoms with E-state index in [9.17, 15) is 13.4 Å². The van der Waals surface area contributed by atoms with Crippen molar-refractivity contribution >= 4 is 34.0 Å². The first kappa shape index (κ1) is 15.5. The van der Waals surface area contributed by atoms with Gasteiger partial charge in [0.25, 0.3) is 0 Å². The molecule has 1 unspecified atom stereocenters. The summed E-state index contributed by atoms with van der Waals surface area (Å²) in [5.74, 6) is -1.31. The van der Waals surface area contributed by atoms with Crippen LogP contribution in [0.4, 0.5) is 10.1 Å². The second-order valence-electron chi connectivity index (χ2n) is 4.34. The molecule has 0 aliphatic carbocycles. The predicted molar refractivity (Wildman–Crippen MR) is 80.9 cm³/mol. The van der Waals surface area contributed by atoms with Crippen LogP contribution < -0.4 is 11.5 Å². The molecule has 0 bridgehead atoms. The molecule has 2 aromatic carbocycles. The summed E-state index contributed by atoms with van der Waals surface area (Å²) in [5.41, 5.74) is 11.4. The van der Waals surface area contributed by atoms with Crippen LogP contribution in [0.1, 0.15) is 15.9 Å². The highest BCUT2D eigenvalue weighted by Crippen LogP contribution is 2.23. The molecule has 1 amide bonds. The van der Waals surface area contributed by atoms with Crippen molar-refractivity contribution < 1.29 is 13.4 Å². The highest BCUT2D eigenvalue weighted by atomic mass is 35.5. The zero-order valence-electron chi connectivity index (χ0n) is 10.8. The Hall–Kier alpha value is -1.92. The summed E-state index contributed by atoms with van der Waals surface area (Å²) < 4.78 is 26.0. The number of carbonyl (C=O) groups is 1. The van der Waals surface area contributed by atoms with Crippen LogP contribution in [-0.2, 0) is 16.6 Å². The molecule has 7 heteroatoms. The minimum atomic E-state index is -1.52. The van der Waals surface area contributed by atoms with Gasteiger partial charge in [-0.05, 0) is 36.4 Å². The third kappa shape index (κ3) is 3.59. The molecular weight excluding hydrogens is 315 g/mol. The van der Waals surface area contributed by atoms with E-state index in [2.05, 4.69) is 0 Å². The monoisotopic (exact) mass is 326 g/mol. The van der Waals surface area contributed by atoms with Crippen molar-refractivity contribution in [1.29, 1.82) is 0 Å². The first-order valence-electron chi connectivity index (χ1n) is 5.90. The topological polar surface area (TPSA) is 86.2 Å². The second kappa shape index (κ2) is 6.24. The van der Waals surface area contributed by atoms with E-state index in [1.807, 2.05) is 0 Å². The molecule has 0 aromatic heterocycles. The number of carbonyl (C=O) groups excluding carboxylic acids is 1. The molecule has 0 aliphatic rings. The molecular formula is C14H12ClFN2O2S. The molecule has 0 saturated heterocycles. The summed E-state index contributed by atoms with van der Waals surface area (Å²) in [5, 5.41) is 0.284. The maximum Gasteiger partial charge on any atom is 0.248 e. The average molecular weight is 327 g/mol. The normalized spacial score (nSPS) is 12.1. The summed E-state index contributed by atoms with van der Waals surface area (Å²) in [4.78, 5) is 11.5. The number of hydrogen-bond acceptors (Lipinski definition) is 3. The minimum Gasteiger partial charge on any atom is -0.398 e. The van der Waals surface area contributed by atoms with Crippen LogP contribution in [0.2, 0.25) is 5.02 Å². The zero-order valence-corrected chi connectivity index (χ0v) is 12.4. The fraction of sp³-hybridized carbons (Fsp3) is 0.0714. The first-order chi connectivity index (χ1) is 9.88. The smallest absolute Gasteiger partial charge is 0.248 e. The highest BCUT2D eigenvalue weighted by Gasteiger charge is 2.12. The average Bonchev–Trinajstić information content (AvgIpc) is 2.43. The molecule has 21 heavy (non-hydrogen) atoms. The Morgan fingerprint density at radius 1 is 1.24 bits per heavy atom. The van der Waals surface area contributed by atoms with Crippen molar-refractivity contribution in [3.05, 3.63) is 58.4 Å². The standard InChI is InChI=1S/C14H12ClFN2O2S/c15-11-6-10(2-4-13(11)17)21(20)7-9-5-8(14(18)19)1-3-12(9)16/h1-6H,7,17H2,(H2,18,19). The highest BCUT2D eigenvalue weighted by molar-refractivity contribution is 7.84. The Kier molecular flexibility index (Phi) is 4.59. The summed E-state index contributed by atoms with van der Waals surface area (Å²) in [6.07, 6.45) is 0. The molecule has 0 heterocycles. The second-order valence-corrected chi connectivity index (χ2v) is 6.20. The van der Waals surface area contributed by atoms with Gasteiger partial charge >= 0.3 is 0 Å². The molecule has 0 radical (unpaired) electrons. The summed E-state index contributed by atoms with van der Waals surface area (Å²) in [7, 11) is -1.52. The van der Waals surface area contributed by atoms with Crippen molar-refractivity contribution in [2.75, 3.05) is 5.73 Å². The maximum atomic E-state index is 13.7. The Morgan fingerprint density at radius 2 is 1.95 bits per heavy atom. The van der Waals surface area contributed by atoms with Gasteiger partial charge in [0.1, 0.15) is 5.82 Å². The molecule has 2 rings (SSSR count). The van der Waals surface area contributed by atoms with E-state index >= 15 is 0 Å². The van der Waals surface area contributed by atoms with Crippen LogP contribution in [-0.4, -0.2) is 10.1 Å². The molecule has 0 spiro atoms. The molecule has 1 atom stereocenters. The number of halogens is 2. The van der Waals surface area contributed by atoms with Crippen molar-refractivity contribution in [1.82, 2.24) is 0 Å².